The average molecular weight is 188 g/mol. The molecule has 1 aromatic heterocycles. The number of benzene rings is 1. The smallest absolute Gasteiger partial charge is 0.139 e. The van der Waals surface area contributed by atoms with Crippen molar-refractivity contribution in [2.24, 2.45) is 0 Å². The summed E-state index contributed by atoms with van der Waals surface area (Å²) in [6.07, 6.45) is 3.14. The minimum absolute atomic E-state index is 0.754. The van der Waals surface area contributed by atoms with Crippen LogP contribution in [0.5, 0.6) is 0 Å². The van der Waals surface area contributed by atoms with E-state index in [1.165, 1.54) is 17.5 Å². The monoisotopic (exact) mass is 188 g/mol. The molecule has 0 unspecified atom stereocenters. The summed E-state index contributed by atoms with van der Waals surface area (Å²) in [6.45, 7) is 2.83. The molecule has 0 amide bonds. The third-order valence-corrected chi connectivity index (χ3v) is 1.98. The molecule has 4 heteroatoms. The molecule has 0 aliphatic rings. The summed E-state index contributed by atoms with van der Waals surface area (Å²) in [5, 5.41) is 3.94. The lowest BCUT2D eigenvalue weighted by Crippen LogP contribution is -2.14. The fourth-order valence-corrected chi connectivity index (χ4v) is 1.17. The van der Waals surface area contributed by atoms with Crippen LogP contribution in [0.25, 0.3) is 0 Å². The molecule has 0 bridgehead atoms. The van der Waals surface area contributed by atoms with Gasteiger partial charge in [-0.15, -0.1) is 5.10 Å². The van der Waals surface area contributed by atoms with E-state index in [1.54, 1.807) is 11.1 Å². The molecule has 72 valence electrons. The lowest BCUT2D eigenvalue weighted by molar-refractivity contribution is 0.730. The molecule has 2 rings (SSSR count). The third-order valence-electron chi connectivity index (χ3n) is 1.98. The molecule has 0 atom stereocenters. The van der Waals surface area contributed by atoms with Gasteiger partial charge in [-0.1, -0.05) is 29.8 Å². The number of nitrogens with zero attached hydrogens (tertiary/aromatic N) is 3. The number of aromatic nitrogens is 3. The van der Waals surface area contributed by atoms with Gasteiger partial charge < -0.3 is 5.43 Å². The molecule has 0 saturated heterocycles. The fraction of sp³-hybridized carbons (Fsp3) is 0.200. The zero-order valence-electron chi connectivity index (χ0n) is 8.01. The van der Waals surface area contributed by atoms with Crippen molar-refractivity contribution in [3.8, 4) is 0 Å². The number of hydrogen-bond donors (Lipinski definition) is 1. The van der Waals surface area contributed by atoms with Crippen LogP contribution in [-0.2, 0) is 6.54 Å². The highest BCUT2D eigenvalue weighted by Gasteiger charge is 1.92. The third kappa shape index (κ3) is 2.10. The number of aryl methyl sites for hydroxylation is 1. The van der Waals surface area contributed by atoms with Crippen molar-refractivity contribution in [1.29, 1.82) is 0 Å². The van der Waals surface area contributed by atoms with Crippen LogP contribution < -0.4 is 5.43 Å². The maximum atomic E-state index is 3.94. The minimum atomic E-state index is 0.754. The second kappa shape index (κ2) is 3.91. The fourth-order valence-electron chi connectivity index (χ4n) is 1.17. The van der Waals surface area contributed by atoms with Crippen LogP contribution in [0, 0.1) is 6.92 Å². The summed E-state index contributed by atoms with van der Waals surface area (Å²) in [4.78, 5) is 5.44. The number of rotatable bonds is 3. The first kappa shape index (κ1) is 8.74. The van der Waals surface area contributed by atoms with Gasteiger partial charge in [-0.2, -0.15) is 4.79 Å². The van der Waals surface area contributed by atoms with E-state index in [-0.39, 0.29) is 0 Å². The summed E-state index contributed by atoms with van der Waals surface area (Å²) >= 11 is 0. The Hall–Kier alpha value is -1.84. The Bertz CT molecular complexity index is 377. The largest absolute Gasteiger partial charge is 0.304 e. The van der Waals surface area contributed by atoms with E-state index in [0.29, 0.717) is 0 Å². The Labute approximate surface area is 82.6 Å². The molecular formula is C10H12N4. The molecule has 2 aromatic rings. The summed E-state index contributed by atoms with van der Waals surface area (Å²) in [6, 6.07) is 8.38. The quantitative estimate of drug-likeness (QED) is 0.790. The second-order valence-corrected chi connectivity index (χ2v) is 3.16. The van der Waals surface area contributed by atoms with Crippen molar-refractivity contribution in [3.63, 3.8) is 0 Å². The van der Waals surface area contributed by atoms with Crippen molar-refractivity contribution in [1.82, 2.24) is 14.9 Å². The minimum Gasteiger partial charge on any atom is -0.304 e. The van der Waals surface area contributed by atoms with E-state index in [4.69, 9.17) is 0 Å². The topological polar surface area (TPSA) is 42.7 Å². The van der Waals surface area contributed by atoms with E-state index in [9.17, 15) is 0 Å². The number of hydrogen-bond acceptors (Lipinski definition) is 3. The molecule has 1 N–H and O–H groups in total. The molecule has 0 aliphatic heterocycles. The molecule has 0 spiro atoms. The molecule has 1 aromatic carbocycles. The summed E-state index contributed by atoms with van der Waals surface area (Å²) < 4.78 is 0. The summed E-state index contributed by atoms with van der Waals surface area (Å²) in [5.41, 5.74) is 5.60. The molecule has 0 aliphatic carbocycles. The van der Waals surface area contributed by atoms with Gasteiger partial charge in [-0.3, -0.25) is 0 Å². The van der Waals surface area contributed by atoms with Gasteiger partial charge in [0.05, 0.1) is 6.54 Å². The van der Waals surface area contributed by atoms with E-state index < -0.39 is 0 Å². The van der Waals surface area contributed by atoms with Gasteiger partial charge in [0.25, 0.3) is 0 Å². The Balaban J connectivity index is 1.95. The Morgan fingerprint density at radius 1 is 1.29 bits per heavy atom. The van der Waals surface area contributed by atoms with Gasteiger partial charge in [-0.25, -0.2) is 4.98 Å². The Morgan fingerprint density at radius 2 is 2.07 bits per heavy atom. The molecule has 0 fully saturated rings. The van der Waals surface area contributed by atoms with Crippen LogP contribution in [0.1, 0.15) is 11.1 Å². The number of nitrogens with one attached hydrogen (secondary N) is 1. The Kier molecular flexibility index (Phi) is 2.44. The highest BCUT2D eigenvalue weighted by atomic mass is 15.6. The van der Waals surface area contributed by atoms with Crippen LogP contribution in [0.3, 0.4) is 0 Å². The molecule has 0 saturated carbocycles. The zero-order chi connectivity index (χ0) is 9.80. The standard InChI is InChI=1S/C10H12N4/c1-9-2-4-10(5-3-9)6-12-14-8-11-7-13-14/h2-5,7-8,12H,6H2,1H3. The second-order valence-electron chi connectivity index (χ2n) is 3.16. The predicted molar refractivity (Wildman–Crippen MR) is 54.3 cm³/mol. The normalized spacial score (nSPS) is 10.1. The first-order valence-electron chi connectivity index (χ1n) is 4.48. The summed E-state index contributed by atoms with van der Waals surface area (Å²) in [5.74, 6) is 0. The van der Waals surface area contributed by atoms with Crippen LogP contribution in [0.15, 0.2) is 36.9 Å². The molecule has 1 heterocycles. The van der Waals surface area contributed by atoms with Gasteiger partial charge in [0, 0.05) is 0 Å². The molecular weight excluding hydrogens is 176 g/mol. The van der Waals surface area contributed by atoms with E-state index >= 15 is 0 Å². The van der Waals surface area contributed by atoms with Crippen LogP contribution in [-0.4, -0.2) is 14.9 Å². The van der Waals surface area contributed by atoms with Crippen LogP contribution >= 0.6 is 0 Å². The van der Waals surface area contributed by atoms with Crippen molar-refractivity contribution in [3.05, 3.63) is 48.0 Å². The lowest BCUT2D eigenvalue weighted by atomic mass is 10.1. The van der Waals surface area contributed by atoms with Gasteiger partial charge in [0.1, 0.15) is 12.7 Å². The summed E-state index contributed by atoms with van der Waals surface area (Å²) in [7, 11) is 0. The van der Waals surface area contributed by atoms with E-state index in [1.807, 2.05) is 0 Å². The Morgan fingerprint density at radius 3 is 2.71 bits per heavy atom. The van der Waals surface area contributed by atoms with Gasteiger partial charge in [-0.05, 0) is 12.5 Å². The van der Waals surface area contributed by atoms with Crippen molar-refractivity contribution < 1.29 is 0 Å². The van der Waals surface area contributed by atoms with Gasteiger partial charge in [0.2, 0.25) is 0 Å². The lowest BCUT2D eigenvalue weighted by Gasteiger charge is -2.05. The SMILES string of the molecule is Cc1ccc(CNn2cncn2)cc1. The average Bonchev–Trinajstić information content (AvgIpc) is 2.70. The van der Waals surface area contributed by atoms with Crippen LogP contribution in [0.2, 0.25) is 0 Å². The van der Waals surface area contributed by atoms with E-state index in [2.05, 4.69) is 46.7 Å². The predicted octanol–water partition coefficient (Wildman–Crippen LogP) is 1.33. The first-order chi connectivity index (χ1) is 6.84. The van der Waals surface area contributed by atoms with Crippen molar-refractivity contribution in [2.75, 3.05) is 5.43 Å². The van der Waals surface area contributed by atoms with Gasteiger partial charge in [0.15, 0.2) is 0 Å². The maximum Gasteiger partial charge on any atom is 0.139 e. The molecule has 4 nitrogen and oxygen atoms in total. The van der Waals surface area contributed by atoms with Crippen molar-refractivity contribution >= 4 is 0 Å². The molecule has 14 heavy (non-hydrogen) atoms. The van der Waals surface area contributed by atoms with Crippen molar-refractivity contribution in [2.45, 2.75) is 13.5 Å². The zero-order valence-corrected chi connectivity index (χ0v) is 8.01. The maximum absolute atomic E-state index is 3.94. The van der Waals surface area contributed by atoms with Crippen LogP contribution in [0.4, 0.5) is 0 Å². The highest BCUT2D eigenvalue weighted by molar-refractivity contribution is 5.21. The van der Waals surface area contributed by atoms with Gasteiger partial charge >= 0.3 is 0 Å². The first-order valence-corrected chi connectivity index (χ1v) is 4.48. The molecule has 0 radical (unpaired) electrons. The van der Waals surface area contributed by atoms with E-state index in [0.717, 1.165) is 6.54 Å². The highest BCUT2D eigenvalue weighted by Crippen LogP contribution is 2.02.